The van der Waals surface area contributed by atoms with E-state index in [1.54, 1.807) is 32.9 Å². The molecule has 2 heterocycles. The SMILES string of the molecule is Cc1cc(-c2ncn(/C=C(/C(=O)OC(C)C)c3ccoc3)n2)cc(C(F)(F)F)c1. The second-order valence-corrected chi connectivity index (χ2v) is 6.64. The fourth-order valence-electron chi connectivity index (χ4n) is 2.62. The molecule has 0 saturated carbocycles. The van der Waals surface area contributed by atoms with Gasteiger partial charge in [-0.25, -0.2) is 14.5 Å². The monoisotopic (exact) mass is 405 g/mol. The van der Waals surface area contributed by atoms with Gasteiger partial charge in [-0.3, -0.25) is 0 Å². The molecule has 6 nitrogen and oxygen atoms in total. The number of esters is 1. The largest absolute Gasteiger partial charge is 0.472 e. The minimum absolute atomic E-state index is 0.0965. The number of halogens is 3. The van der Waals surface area contributed by atoms with E-state index >= 15 is 0 Å². The van der Waals surface area contributed by atoms with Crippen molar-refractivity contribution in [2.45, 2.75) is 33.1 Å². The number of benzene rings is 1. The first kappa shape index (κ1) is 20.4. The topological polar surface area (TPSA) is 70.2 Å². The van der Waals surface area contributed by atoms with Crippen LogP contribution in [0.2, 0.25) is 0 Å². The number of hydrogen-bond acceptors (Lipinski definition) is 5. The summed E-state index contributed by atoms with van der Waals surface area (Å²) in [6.45, 7) is 5.00. The van der Waals surface area contributed by atoms with Gasteiger partial charge in [0.1, 0.15) is 6.33 Å². The second kappa shape index (κ2) is 7.94. The Morgan fingerprint density at radius 1 is 1.28 bits per heavy atom. The summed E-state index contributed by atoms with van der Waals surface area (Å²) >= 11 is 0. The lowest BCUT2D eigenvalue weighted by Gasteiger charge is -2.10. The van der Waals surface area contributed by atoms with Crippen molar-refractivity contribution >= 4 is 17.7 Å². The molecule has 29 heavy (non-hydrogen) atoms. The van der Waals surface area contributed by atoms with Crippen molar-refractivity contribution in [3.8, 4) is 11.4 Å². The summed E-state index contributed by atoms with van der Waals surface area (Å²) in [5.41, 5.74) is 0.520. The Kier molecular flexibility index (Phi) is 5.58. The van der Waals surface area contributed by atoms with Crippen LogP contribution >= 0.6 is 0 Å². The summed E-state index contributed by atoms with van der Waals surface area (Å²) < 4.78 is 50.7. The van der Waals surface area contributed by atoms with E-state index in [-0.39, 0.29) is 23.1 Å². The Hall–Kier alpha value is -3.36. The zero-order chi connectivity index (χ0) is 21.2. The summed E-state index contributed by atoms with van der Waals surface area (Å²) in [5.74, 6) is -0.493. The molecule has 0 N–H and O–H groups in total. The first-order valence-corrected chi connectivity index (χ1v) is 8.69. The first-order chi connectivity index (χ1) is 13.6. The van der Waals surface area contributed by atoms with Crippen molar-refractivity contribution in [1.29, 1.82) is 0 Å². The van der Waals surface area contributed by atoms with Crippen LogP contribution in [0.5, 0.6) is 0 Å². The van der Waals surface area contributed by atoms with Crippen LogP contribution in [0, 0.1) is 6.92 Å². The predicted molar refractivity (Wildman–Crippen MR) is 99.3 cm³/mol. The number of nitrogens with zero attached hydrogens (tertiary/aromatic N) is 3. The summed E-state index contributed by atoms with van der Waals surface area (Å²) in [6.07, 6.45) is 0.654. The number of furan rings is 1. The van der Waals surface area contributed by atoms with E-state index in [0.29, 0.717) is 11.1 Å². The van der Waals surface area contributed by atoms with Crippen molar-refractivity contribution in [1.82, 2.24) is 14.8 Å². The van der Waals surface area contributed by atoms with Gasteiger partial charge in [0.15, 0.2) is 5.82 Å². The van der Waals surface area contributed by atoms with Crippen molar-refractivity contribution < 1.29 is 27.1 Å². The van der Waals surface area contributed by atoms with Gasteiger partial charge in [-0.05, 0) is 50.6 Å². The fraction of sp³-hybridized carbons (Fsp3) is 0.250. The molecule has 9 heteroatoms. The average Bonchev–Trinajstić information content (AvgIpc) is 3.29. The van der Waals surface area contributed by atoms with E-state index < -0.39 is 17.7 Å². The Morgan fingerprint density at radius 3 is 2.66 bits per heavy atom. The molecule has 0 aliphatic rings. The Balaban J connectivity index is 1.98. The molecule has 0 unspecified atom stereocenters. The van der Waals surface area contributed by atoms with E-state index in [4.69, 9.17) is 9.15 Å². The lowest BCUT2D eigenvalue weighted by Crippen LogP contribution is -2.13. The lowest BCUT2D eigenvalue weighted by molar-refractivity contribution is -0.140. The third-order valence-electron chi connectivity index (χ3n) is 3.83. The average molecular weight is 405 g/mol. The molecule has 1 aromatic carbocycles. The van der Waals surface area contributed by atoms with E-state index in [0.717, 1.165) is 12.1 Å². The summed E-state index contributed by atoms with van der Waals surface area (Å²) in [5, 5.41) is 4.18. The highest BCUT2D eigenvalue weighted by molar-refractivity contribution is 6.20. The van der Waals surface area contributed by atoms with E-state index in [1.165, 1.54) is 29.7 Å². The number of aryl methyl sites for hydroxylation is 1. The van der Waals surface area contributed by atoms with E-state index in [9.17, 15) is 18.0 Å². The Morgan fingerprint density at radius 2 is 2.03 bits per heavy atom. The smallest absolute Gasteiger partial charge is 0.416 e. The van der Waals surface area contributed by atoms with Gasteiger partial charge in [0, 0.05) is 17.3 Å². The van der Waals surface area contributed by atoms with Crippen LogP contribution in [0.25, 0.3) is 23.2 Å². The van der Waals surface area contributed by atoms with Crippen LogP contribution in [0.15, 0.2) is 47.5 Å². The molecule has 0 saturated heterocycles. The highest BCUT2D eigenvalue weighted by atomic mass is 19.4. The first-order valence-electron chi connectivity index (χ1n) is 8.69. The van der Waals surface area contributed by atoms with Crippen molar-refractivity contribution in [3.05, 3.63) is 59.8 Å². The lowest BCUT2D eigenvalue weighted by atomic mass is 10.1. The highest BCUT2D eigenvalue weighted by Crippen LogP contribution is 2.32. The Bertz CT molecular complexity index is 1030. The van der Waals surface area contributed by atoms with Crippen LogP contribution in [0.1, 0.15) is 30.5 Å². The molecular formula is C20H18F3N3O3. The predicted octanol–water partition coefficient (Wildman–Crippen LogP) is 4.82. The number of aromatic nitrogens is 3. The number of hydrogen-bond donors (Lipinski definition) is 0. The van der Waals surface area contributed by atoms with Gasteiger partial charge in [0.25, 0.3) is 0 Å². The van der Waals surface area contributed by atoms with Crippen LogP contribution in [-0.2, 0) is 15.7 Å². The fourth-order valence-corrected chi connectivity index (χ4v) is 2.62. The summed E-state index contributed by atoms with van der Waals surface area (Å²) in [7, 11) is 0. The molecule has 0 atom stereocenters. The van der Waals surface area contributed by atoms with Crippen molar-refractivity contribution in [3.63, 3.8) is 0 Å². The number of alkyl halides is 3. The van der Waals surface area contributed by atoms with Crippen molar-refractivity contribution in [2.75, 3.05) is 0 Å². The molecule has 0 spiro atoms. The van der Waals surface area contributed by atoms with Gasteiger partial charge in [0.2, 0.25) is 0 Å². The third kappa shape index (κ3) is 4.92. The number of ether oxygens (including phenoxy) is 1. The second-order valence-electron chi connectivity index (χ2n) is 6.64. The summed E-state index contributed by atoms with van der Waals surface area (Å²) in [4.78, 5) is 16.5. The van der Waals surface area contributed by atoms with Crippen LogP contribution < -0.4 is 0 Å². The number of rotatable bonds is 5. The zero-order valence-electron chi connectivity index (χ0n) is 15.9. The molecule has 3 aromatic rings. The molecule has 0 bridgehead atoms. The molecule has 152 valence electrons. The van der Waals surface area contributed by atoms with Gasteiger partial charge in [-0.2, -0.15) is 13.2 Å². The summed E-state index contributed by atoms with van der Waals surface area (Å²) in [6, 6.07) is 5.18. The Labute approximate surface area is 164 Å². The molecule has 0 fully saturated rings. The maximum absolute atomic E-state index is 13.1. The van der Waals surface area contributed by atoms with Gasteiger partial charge >= 0.3 is 12.1 Å². The molecular weight excluding hydrogens is 387 g/mol. The third-order valence-corrected chi connectivity index (χ3v) is 3.83. The molecule has 0 aliphatic carbocycles. The minimum atomic E-state index is -4.47. The van der Waals surface area contributed by atoms with Crippen molar-refractivity contribution in [2.24, 2.45) is 0 Å². The van der Waals surface area contributed by atoms with Crippen LogP contribution in [-0.4, -0.2) is 26.8 Å². The van der Waals surface area contributed by atoms with Gasteiger partial charge < -0.3 is 9.15 Å². The maximum atomic E-state index is 13.1. The standard InChI is InChI=1S/C20H18F3N3O3/c1-12(2)29-19(27)17(14-4-5-28-10-14)9-26-11-24-18(25-26)15-6-13(3)7-16(8-15)20(21,22)23/h4-12H,1-3H3/b17-9+. The van der Waals surface area contributed by atoms with Crippen LogP contribution in [0.3, 0.4) is 0 Å². The van der Waals surface area contributed by atoms with Gasteiger partial charge in [-0.1, -0.05) is 0 Å². The maximum Gasteiger partial charge on any atom is 0.416 e. The van der Waals surface area contributed by atoms with Gasteiger partial charge in [-0.15, -0.1) is 5.10 Å². The van der Waals surface area contributed by atoms with Gasteiger partial charge in [0.05, 0.1) is 29.8 Å². The molecule has 0 amide bonds. The molecule has 0 aliphatic heterocycles. The number of carbonyl (C=O) groups is 1. The zero-order valence-corrected chi connectivity index (χ0v) is 15.9. The molecule has 2 aromatic heterocycles. The minimum Gasteiger partial charge on any atom is -0.472 e. The highest BCUT2D eigenvalue weighted by Gasteiger charge is 2.31. The van der Waals surface area contributed by atoms with E-state index in [2.05, 4.69) is 10.1 Å². The molecule has 3 rings (SSSR count). The normalized spacial score (nSPS) is 12.4. The molecule has 0 radical (unpaired) electrons. The van der Waals surface area contributed by atoms with Crippen LogP contribution in [0.4, 0.5) is 13.2 Å². The van der Waals surface area contributed by atoms with E-state index in [1.807, 2.05) is 0 Å². The number of carbonyl (C=O) groups excluding carboxylic acids is 1. The quantitative estimate of drug-likeness (QED) is 0.450.